The Morgan fingerprint density at radius 2 is 1.97 bits per heavy atom. The van der Waals surface area contributed by atoms with E-state index in [1.165, 1.54) is 30.2 Å². The minimum Gasteiger partial charge on any atom is -0.390 e. The number of fused-ring (bicyclic) bond motifs is 1. The van der Waals surface area contributed by atoms with Crippen molar-refractivity contribution in [3.8, 4) is 0 Å². The first-order valence-corrected chi connectivity index (χ1v) is 13.6. The maximum atomic E-state index is 13.4. The van der Waals surface area contributed by atoms with Crippen molar-refractivity contribution in [3.05, 3.63) is 75.7 Å². The van der Waals surface area contributed by atoms with Gasteiger partial charge in [0.25, 0.3) is 5.82 Å². The number of amides is 1. The number of aryl methyl sites for hydroxylation is 1. The largest absolute Gasteiger partial charge is 0.453 e. The summed E-state index contributed by atoms with van der Waals surface area (Å²) in [6, 6.07) is 17.2. The molecule has 0 radical (unpaired) electrons. The van der Waals surface area contributed by atoms with Crippen molar-refractivity contribution in [3.63, 3.8) is 0 Å². The number of nitro groups is 1. The number of hydrogen-bond donors (Lipinski definition) is 1. The molecule has 2 fully saturated rings. The lowest BCUT2D eigenvalue weighted by Crippen LogP contribution is -2.56. The van der Waals surface area contributed by atoms with Gasteiger partial charge in [-0.15, -0.1) is 5.10 Å². The summed E-state index contributed by atoms with van der Waals surface area (Å²) in [4.78, 5) is 31.8. The van der Waals surface area contributed by atoms with E-state index in [-0.39, 0.29) is 24.2 Å². The summed E-state index contributed by atoms with van der Waals surface area (Å²) < 4.78 is 2.23. The van der Waals surface area contributed by atoms with Crippen molar-refractivity contribution >= 4 is 28.4 Å². The molecule has 2 aromatic carbocycles. The van der Waals surface area contributed by atoms with E-state index in [1.807, 2.05) is 23.1 Å². The smallest absolute Gasteiger partial charge is 0.390 e. The van der Waals surface area contributed by atoms with Crippen LogP contribution in [-0.2, 0) is 24.1 Å². The molecule has 202 valence electrons. The van der Waals surface area contributed by atoms with Gasteiger partial charge in [0.05, 0.1) is 23.3 Å². The van der Waals surface area contributed by atoms with Crippen molar-refractivity contribution in [1.82, 2.24) is 29.9 Å². The average Bonchev–Trinajstić information content (AvgIpc) is 3.53. The molecule has 1 amide bonds. The van der Waals surface area contributed by atoms with Gasteiger partial charge in [0, 0.05) is 30.7 Å². The van der Waals surface area contributed by atoms with Crippen molar-refractivity contribution in [2.75, 3.05) is 24.5 Å². The summed E-state index contributed by atoms with van der Waals surface area (Å²) >= 11 is 0. The van der Waals surface area contributed by atoms with Gasteiger partial charge in [-0.3, -0.25) is 9.48 Å². The van der Waals surface area contributed by atoms with Crippen LogP contribution in [0.2, 0.25) is 0 Å². The molecule has 0 spiro atoms. The summed E-state index contributed by atoms with van der Waals surface area (Å²) in [7, 11) is 0. The fraction of sp³-hybridized carbons (Fsp3) is 0.429. The van der Waals surface area contributed by atoms with Gasteiger partial charge < -0.3 is 19.9 Å². The van der Waals surface area contributed by atoms with Gasteiger partial charge >= 0.3 is 5.95 Å². The van der Waals surface area contributed by atoms with Gasteiger partial charge in [0.15, 0.2) is 0 Å². The Kier molecular flexibility index (Phi) is 6.72. The van der Waals surface area contributed by atoms with Crippen LogP contribution in [0.3, 0.4) is 0 Å². The molecular weight excluding hydrogens is 496 g/mol. The van der Waals surface area contributed by atoms with E-state index in [0.29, 0.717) is 32.1 Å². The lowest BCUT2D eigenvalue weighted by molar-refractivity contribution is -0.394. The van der Waals surface area contributed by atoms with Gasteiger partial charge in [0.1, 0.15) is 6.42 Å². The molecule has 4 aromatic rings. The molecule has 1 N–H and O–H groups in total. The van der Waals surface area contributed by atoms with E-state index < -0.39 is 10.9 Å². The second kappa shape index (κ2) is 10.5. The molecule has 11 heteroatoms. The molecule has 11 nitrogen and oxygen atoms in total. The topological polar surface area (TPSA) is 126 Å². The Morgan fingerprint density at radius 1 is 1.15 bits per heavy atom. The van der Waals surface area contributed by atoms with Crippen molar-refractivity contribution in [2.24, 2.45) is 0 Å². The number of nitrogens with zero attached hydrogens (tertiary/aromatic N) is 7. The normalized spacial score (nSPS) is 17.9. The number of carbonyl (C=O) groups is 1. The van der Waals surface area contributed by atoms with Crippen molar-refractivity contribution in [2.45, 2.75) is 57.5 Å². The fourth-order valence-corrected chi connectivity index (χ4v) is 5.72. The summed E-state index contributed by atoms with van der Waals surface area (Å²) in [5.41, 5.74) is 4.63. The fourth-order valence-electron chi connectivity index (χ4n) is 5.72. The maximum Gasteiger partial charge on any atom is 0.453 e. The Labute approximate surface area is 226 Å². The number of H-pyrrole nitrogens is 1. The van der Waals surface area contributed by atoms with Crippen LogP contribution >= 0.6 is 0 Å². The number of nitrogens with one attached hydrogen (secondary N) is 1. The Morgan fingerprint density at radius 3 is 2.67 bits per heavy atom. The molecule has 0 bridgehead atoms. The number of aromatic nitrogens is 5. The van der Waals surface area contributed by atoms with Gasteiger partial charge in [-0.05, 0) is 65.8 Å². The molecule has 0 unspecified atom stereocenters. The van der Waals surface area contributed by atoms with Crippen LogP contribution < -0.4 is 4.90 Å². The lowest BCUT2D eigenvalue weighted by Gasteiger charge is -2.42. The van der Waals surface area contributed by atoms with E-state index in [1.54, 1.807) is 0 Å². The Bertz CT molecular complexity index is 1490. The second-order valence-electron chi connectivity index (χ2n) is 10.4. The van der Waals surface area contributed by atoms with Crippen LogP contribution in [0.25, 0.3) is 10.9 Å². The van der Waals surface area contributed by atoms with Crippen molar-refractivity contribution < 1.29 is 9.72 Å². The van der Waals surface area contributed by atoms with E-state index in [4.69, 9.17) is 5.10 Å². The maximum absolute atomic E-state index is 13.4. The monoisotopic (exact) mass is 528 g/mol. The first-order valence-electron chi connectivity index (χ1n) is 13.6. The third-order valence-electron chi connectivity index (χ3n) is 8.01. The highest BCUT2D eigenvalue weighted by Gasteiger charge is 2.33. The van der Waals surface area contributed by atoms with Gasteiger partial charge in [-0.25, -0.2) is 0 Å². The number of aromatic amines is 1. The molecule has 6 rings (SSSR count). The predicted octanol–water partition coefficient (Wildman–Crippen LogP) is 3.85. The highest BCUT2D eigenvalue weighted by atomic mass is 16.6. The zero-order chi connectivity index (χ0) is 26.9. The SMILES string of the molecule is CCc1nn(C2CCC2)c2cc(N3CCN(C(=O)Cc4n[nH]c([N+](=O)[O-])n4)[C@@H](Cc4ccccc4)C3)ccc12. The highest BCUT2D eigenvalue weighted by Crippen LogP contribution is 2.36. The molecule has 39 heavy (non-hydrogen) atoms. The van der Waals surface area contributed by atoms with E-state index in [2.05, 4.69) is 62.0 Å². The molecule has 2 aliphatic rings. The number of anilines is 1. The van der Waals surface area contributed by atoms with Crippen LogP contribution in [0.1, 0.15) is 49.3 Å². The molecular formula is C28H32N8O3. The molecule has 2 aromatic heterocycles. The van der Waals surface area contributed by atoms with Crippen LogP contribution in [-0.4, -0.2) is 66.4 Å². The van der Waals surface area contributed by atoms with Crippen LogP contribution in [0.4, 0.5) is 11.6 Å². The first kappa shape index (κ1) is 25.0. The Hall–Kier alpha value is -4.28. The minimum atomic E-state index is -0.644. The summed E-state index contributed by atoms with van der Waals surface area (Å²) in [6.45, 7) is 4.07. The minimum absolute atomic E-state index is 0.0685. The predicted molar refractivity (Wildman–Crippen MR) is 147 cm³/mol. The molecule has 1 aliphatic carbocycles. The third kappa shape index (κ3) is 4.96. The van der Waals surface area contributed by atoms with Crippen LogP contribution in [0.15, 0.2) is 48.5 Å². The highest BCUT2D eigenvalue weighted by molar-refractivity contribution is 5.86. The quantitative estimate of drug-likeness (QED) is 0.272. The summed E-state index contributed by atoms with van der Waals surface area (Å²) in [5, 5.41) is 23.3. The Balaban J connectivity index is 1.26. The summed E-state index contributed by atoms with van der Waals surface area (Å²) in [5.74, 6) is -0.448. The van der Waals surface area contributed by atoms with Crippen LogP contribution in [0, 0.1) is 10.1 Å². The van der Waals surface area contributed by atoms with Gasteiger partial charge in [0.2, 0.25) is 5.91 Å². The number of benzene rings is 2. The molecule has 1 saturated heterocycles. The van der Waals surface area contributed by atoms with E-state index in [9.17, 15) is 14.9 Å². The molecule has 1 aliphatic heterocycles. The standard InChI is InChI=1S/C28H32N8O3/c1-2-24-23-12-11-21(16-25(23)35(32-24)20-9-6-10-20)33-13-14-34(22(18-33)15-19-7-4-3-5-8-19)27(37)17-26-29-28(31-30-26)36(38)39/h3-5,7-8,11-12,16,20,22H,2,6,9-10,13-15,17-18H2,1H3,(H,29,30,31)/t22-/m0/s1. The average molecular weight is 529 g/mol. The van der Waals surface area contributed by atoms with Crippen molar-refractivity contribution in [1.29, 1.82) is 0 Å². The lowest BCUT2D eigenvalue weighted by atomic mass is 9.93. The zero-order valence-corrected chi connectivity index (χ0v) is 22.0. The second-order valence-corrected chi connectivity index (χ2v) is 10.4. The summed E-state index contributed by atoms with van der Waals surface area (Å²) in [6.07, 6.45) is 5.15. The van der Waals surface area contributed by atoms with Crippen LogP contribution in [0.5, 0.6) is 0 Å². The van der Waals surface area contributed by atoms with Gasteiger partial charge in [-0.2, -0.15) is 5.10 Å². The number of hydrogen-bond acceptors (Lipinski definition) is 7. The van der Waals surface area contributed by atoms with Gasteiger partial charge in [-0.1, -0.05) is 42.4 Å². The van der Waals surface area contributed by atoms with E-state index >= 15 is 0 Å². The molecule has 3 heterocycles. The first-order chi connectivity index (χ1) is 19.0. The molecule has 1 saturated carbocycles. The van der Waals surface area contributed by atoms with E-state index in [0.717, 1.165) is 23.4 Å². The third-order valence-corrected chi connectivity index (χ3v) is 8.01. The zero-order valence-electron chi connectivity index (χ0n) is 22.0. The number of carbonyl (C=O) groups excluding carboxylic acids is 1. The number of rotatable bonds is 8. The number of piperazine rings is 1. The molecule has 1 atom stereocenters.